The summed E-state index contributed by atoms with van der Waals surface area (Å²) in [6.07, 6.45) is 1.98. The van der Waals surface area contributed by atoms with Gasteiger partial charge in [-0.3, -0.25) is 4.79 Å². The van der Waals surface area contributed by atoms with E-state index < -0.39 is 23.2 Å². The highest BCUT2D eigenvalue weighted by Crippen LogP contribution is 2.17. The standard InChI is InChI=1S/C12H16F2N2OS/c1-7(6-18-2)5-16-12(17)8-3-9(13)11(15)10(14)4-8/h3-4,7H,5-6,15H2,1-2H3,(H,16,17). The van der Waals surface area contributed by atoms with Crippen LogP contribution in [-0.4, -0.2) is 24.5 Å². The Labute approximate surface area is 109 Å². The Morgan fingerprint density at radius 2 is 2.00 bits per heavy atom. The minimum absolute atomic E-state index is 0.0597. The number of benzene rings is 1. The molecule has 0 aliphatic heterocycles. The largest absolute Gasteiger partial charge is 0.394 e. The molecule has 1 rings (SSSR count). The van der Waals surface area contributed by atoms with E-state index in [0.717, 1.165) is 17.9 Å². The molecule has 1 aromatic rings. The number of rotatable bonds is 5. The van der Waals surface area contributed by atoms with Gasteiger partial charge in [-0.05, 0) is 30.1 Å². The highest BCUT2D eigenvalue weighted by Gasteiger charge is 2.13. The first-order valence-corrected chi connectivity index (χ1v) is 6.86. The van der Waals surface area contributed by atoms with E-state index in [1.54, 1.807) is 11.8 Å². The van der Waals surface area contributed by atoms with Gasteiger partial charge in [0.25, 0.3) is 5.91 Å². The van der Waals surface area contributed by atoms with Gasteiger partial charge in [0.15, 0.2) is 0 Å². The zero-order valence-corrected chi connectivity index (χ0v) is 11.1. The third kappa shape index (κ3) is 3.87. The van der Waals surface area contributed by atoms with Crippen molar-refractivity contribution in [1.82, 2.24) is 5.32 Å². The summed E-state index contributed by atoms with van der Waals surface area (Å²) >= 11 is 1.68. The van der Waals surface area contributed by atoms with Crippen LogP contribution in [0.4, 0.5) is 14.5 Å². The van der Waals surface area contributed by atoms with E-state index in [4.69, 9.17) is 5.73 Å². The van der Waals surface area contributed by atoms with Gasteiger partial charge >= 0.3 is 0 Å². The van der Waals surface area contributed by atoms with Gasteiger partial charge in [0.2, 0.25) is 0 Å². The number of amides is 1. The summed E-state index contributed by atoms with van der Waals surface area (Å²) in [6, 6.07) is 1.87. The van der Waals surface area contributed by atoms with Gasteiger partial charge in [-0.25, -0.2) is 8.78 Å². The lowest BCUT2D eigenvalue weighted by Gasteiger charge is -2.11. The van der Waals surface area contributed by atoms with Crippen LogP contribution >= 0.6 is 11.8 Å². The number of anilines is 1. The smallest absolute Gasteiger partial charge is 0.251 e. The molecule has 1 amide bonds. The van der Waals surface area contributed by atoms with Crippen molar-refractivity contribution < 1.29 is 13.6 Å². The topological polar surface area (TPSA) is 55.1 Å². The quantitative estimate of drug-likeness (QED) is 0.810. The average Bonchev–Trinajstić information content (AvgIpc) is 2.32. The normalized spacial score (nSPS) is 12.2. The second-order valence-electron chi connectivity index (χ2n) is 4.12. The van der Waals surface area contributed by atoms with Crippen molar-refractivity contribution in [1.29, 1.82) is 0 Å². The Bertz CT molecular complexity index is 417. The van der Waals surface area contributed by atoms with E-state index in [2.05, 4.69) is 5.32 Å². The molecule has 0 fully saturated rings. The van der Waals surface area contributed by atoms with Crippen LogP contribution in [0.1, 0.15) is 17.3 Å². The Kier molecular flexibility index (Phi) is 5.40. The molecule has 3 N–H and O–H groups in total. The fourth-order valence-electron chi connectivity index (χ4n) is 1.43. The number of thioether (sulfide) groups is 1. The van der Waals surface area contributed by atoms with Crippen LogP contribution < -0.4 is 11.1 Å². The van der Waals surface area contributed by atoms with Crippen LogP contribution in [0.5, 0.6) is 0 Å². The molecule has 0 aromatic heterocycles. The molecular weight excluding hydrogens is 258 g/mol. The first-order valence-electron chi connectivity index (χ1n) is 5.47. The highest BCUT2D eigenvalue weighted by molar-refractivity contribution is 7.98. The van der Waals surface area contributed by atoms with Gasteiger partial charge in [-0.2, -0.15) is 11.8 Å². The first-order chi connectivity index (χ1) is 8.45. The van der Waals surface area contributed by atoms with Crippen molar-refractivity contribution >= 4 is 23.4 Å². The summed E-state index contributed by atoms with van der Waals surface area (Å²) in [7, 11) is 0. The maximum Gasteiger partial charge on any atom is 0.251 e. The lowest BCUT2D eigenvalue weighted by molar-refractivity contribution is 0.0948. The fraction of sp³-hybridized carbons (Fsp3) is 0.417. The summed E-state index contributed by atoms with van der Waals surface area (Å²) in [4.78, 5) is 11.7. The highest BCUT2D eigenvalue weighted by atomic mass is 32.2. The van der Waals surface area contributed by atoms with Crippen molar-refractivity contribution in [3.8, 4) is 0 Å². The lowest BCUT2D eigenvalue weighted by Crippen LogP contribution is -2.29. The van der Waals surface area contributed by atoms with E-state index in [0.29, 0.717) is 12.5 Å². The van der Waals surface area contributed by atoms with Crippen LogP contribution in [0.25, 0.3) is 0 Å². The Morgan fingerprint density at radius 3 is 2.50 bits per heavy atom. The summed E-state index contributed by atoms with van der Waals surface area (Å²) < 4.78 is 26.3. The van der Waals surface area contributed by atoms with Crippen molar-refractivity contribution in [3.05, 3.63) is 29.3 Å². The molecule has 100 valence electrons. The number of nitrogens with one attached hydrogen (secondary N) is 1. The molecule has 0 saturated carbocycles. The molecule has 0 spiro atoms. The maximum atomic E-state index is 13.2. The second kappa shape index (κ2) is 6.58. The van der Waals surface area contributed by atoms with Gasteiger partial charge in [-0.15, -0.1) is 0 Å². The van der Waals surface area contributed by atoms with Crippen LogP contribution in [0, 0.1) is 17.6 Å². The van der Waals surface area contributed by atoms with E-state index in [1.165, 1.54) is 0 Å². The van der Waals surface area contributed by atoms with E-state index >= 15 is 0 Å². The predicted molar refractivity (Wildman–Crippen MR) is 70.6 cm³/mol. The molecule has 1 atom stereocenters. The average molecular weight is 274 g/mol. The van der Waals surface area contributed by atoms with Gasteiger partial charge in [0.1, 0.15) is 17.3 Å². The molecule has 0 aliphatic rings. The number of nitrogens with two attached hydrogens (primary N) is 1. The lowest BCUT2D eigenvalue weighted by atomic mass is 10.1. The number of hydrogen-bond donors (Lipinski definition) is 2. The minimum atomic E-state index is -0.919. The van der Waals surface area contributed by atoms with Crippen LogP contribution in [0.15, 0.2) is 12.1 Å². The van der Waals surface area contributed by atoms with Crippen LogP contribution in [-0.2, 0) is 0 Å². The molecule has 6 heteroatoms. The summed E-state index contributed by atoms with van der Waals surface area (Å²) in [5.74, 6) is -1.13. The molecule has 1 unspecified atom stereocenters. The molecule has 0 bridgehead atoms. The van der Waals surface area contributed by atoms with Gasteiger partial charge in [0, 0.05) is 12.1 Å². The van der Waals surface area contributed by atoms with Crippen LogP contribution in [0.2, 0.25) is 0 Å². The van der Waals surface area contributed by atoms with Crippen molar-refractivity contribution in [2.24, 2.45) is 5.92 Å². The monoisotopic (exact) mass is 274 g/mol. The summed E-state index contributed by atoms with van der Waals surface area (Å²) in [6.45, 7) is 2.45. The number of carbonyl (C=O) groups is 1. The van der Waals surface area contributed by atoms with E-state index in [9.17, 15) is 13.6 Å². The Balaban J connectivity index is 2.67. The Hall–Kier alpha value is -1.30. The van der Waals surface area contributed by atoms with Gasteiger partial charge in [0.05, 0.1) is 0 Å². The van der Waals surface area contributed by atoms with Crippen molar-refractivity contribution in [2.75, 3.05) is 24.3 Å². The zero-order chi connectivity index (χ0) is 13.7. The predicted octanol–water partition coefficient (Wildman–Crippen LogP) is 2.28. The molecule has 0 aliphatic carbocycles. The number of carbonyl (C=O) groups excluding carboxylic acids is 1. The maximum absolute atomic E-state index is 13.2. The molecule has 0 saturated heterocycles. The van der Waals surface area contributed by atoms with Gasteiger partial charge < -0.3 is 11.1 Å². The minimum Gasteiger partial charge on any atom is -0.394 e. The molecule has 0 heterocycles. The third-order valence-corrected chi connectivity index (χ3v) is 3.31. The van der Waals surface area contributed by atoms with Crippen LogP contribution in [0.3, 0.4) is 0 Å². The molecule has 3 nitrogen and oxygen atoms in total. The van der Waals surface area contributed by atoms with Crippen molar-refractivity contribution in [3.63, 3.8) is 0 Å². The third-order valence-electron chi connectivity index (χ3n) is 2.40. The number of nitrogen functional groups attached to an aromatic ring is 1. The summed E-state index contributed by atoms with van der Waals surface area (Å²) in [5.41, 5.74) is 4.50. The molecule has 1 aromatic carbocycles. The fourth-order valence-corrected chi connectivity index (χ4v) is 2.11. The van der Waals surface area contributed by atoms with Gasteiger partial charge in [-0.1, -0.05) is 6.92 Å². The zero-order valence-electron chi connectivity index (χ0n) is 10.3. The molecule has 18 heavy (non-hydrogen) atoms. The number of halogens is 2. The van der Waals surface area contributed by atoms with E-state index in [1.807, 2.05) is 13.2 Å². The first kappa shape index (κ1) is 14.8. The Morgan fingerprint density at radius 1 is 1.44 bits per heavy atom. The number of hydrogen-bond acceptors (Lipinski definition) is 3. The summed E-state index contributed by atoms with van der Waals surface area (Å²) in [5, 5.41) is 2.63. The second-order valence-corrected chi connectivity index (χ2v) is 5.03. The SMILES string of the molecule is CSCC(C)CNC(=O)c1cc(F)c(N)c(F)c1. The molecule has 0 radical (unpaired) electrons. The molecular formula is C12H16F2N2OS. The van der Waals surface area contributed by atoms with Crippen molar-refractivity contribution in [2.45, 2.75) is 6.92 Å². The van der Waals surface area contributed by atoms with E-state index in [-0.39, 0.29) is 5.56 Å².